The molecule has 1 heterocycles. The number of terminal acetylenes is 1. The van der Waals surface area contributed by atoms with E-state index in [4.69, 9.17) is 15.9 Å². The zero-order valence-corrected chi connectivity index (χ0v) is 15.7. The first kappa shape index (κ1) is 19.7. The topological polar surface area (TPSA) is 84.9 Å². The smallest absolute Gasteiger partial charge is 0.335 e. The van der Waals surface area contributed by atoms with Crippen molar-refractivity contribution < 1.29 is 23.9 Å². The van der Waals surface area contributed by atoms with Crippen molar-refractivity contribution in [3.8, 4) is 23.8 Å². The summed E-state index contributed by atoms with van der Waals surface area (Å²) in [6.45, 7) is 2.38. The molecule has 1 fully saturated rings. The molecule has 0 unspecified atom stereocenters. The van der Waals surface area contributed by atoms with Crippen molar-refractivity contribution in [2.24, 2.45) is 0 Å². The van der Waals surface area contributed by atoms with Crippen LogP contribution in [0.5, 0.6) is 11.5 Å². The fourth-order valence-corrected chi connectivity index (χ4v) is 2.76. The quantitative estimate of drug-likeness (QED) is 0.466. The number of amides is 4. The van der Waals surface area contributed by atoms with Crippen molar-refractivity contribution in [1.82, 2.24) is 5.32 Å². The molecule has 0 bridgehead atoms. The Morgan fingerprint density at radius 2 is 1.79 bits per heavy atom. The minimum Gasteiger partial charge on any atom is -0.494 e. The number of benzene rings is 2. The lowest BCUT2D eigenvalue weighted by atomic mass is 10.1. The predicted octanol–water partition coefficient (Wildman–Crippen LogP) is 2.76. The summed E-state index contributed by atoms with van der Waals surface area (Å²) in [7, 11) is 0. The van der Waals surface area contributed by atoms with Crippen LogP contribution in [0.25, 0.3) is 6.08 Å². The van der Waals surface area contributed by atoms with Gasteiger partial charge in [0.1, 0.15) is 23.7 Å². The van der Waals surface area contributed by atoms with Gasteiger partial charge in [-0.15, -0.1) is 6.42 Å². The lowest BCUT2D eigenvalue weighted by molar-refractivity contribution is -0.122. The van der Waals surface area contributed by atoms with E-state index in [1.807, 2.05) is 6.92 Å². The van der Waals surface area contributed by atoms with Crippen molar-refractivity contribution >= 4 is 29.6 Å². The highest BCUT2D eigenvalue weighted by Crippen LogP contribution is 2.26. The standard InChI is InChI=1S/C22H18N2O5/c1-3-13-29-19-8-6-5-7-15(19)14-18-20(25)23-22(27)24(21(18)26)16-9-11-17(12-10-16)28-4-2/h1,5-12,14H,4,13H2,2H3,(H,23,25,27)/b18-14+. The Labute approximate surface area is 167 Å². The molecule has 0 aromatic heterocycles. The van der Waals surface area contributed by atoms with Crippen LogP contribution in [0, 0.1) is 12.3 Å². The summed E-state index contributed by atoms with van der Waals surface area (Å²) >= 11 is 0. The second kappa shape index (κ2) is 8.76. The molecule has 2 aromatic rings. The van der Waals surface area contributed by atoms with E-state index in [1.54, 1.807) is 48.5 Å². The van der Waals surface area contributed by atoms with Gasteiger partial charge in [0.15, 0.2) is 0 Å². The van der Waals surface area contributed by atoms with E-state index in [0.717, 1.165) is 4.90 Å². The number of hydrogen-bond donors (Lipinski definition) is 1. The van der Waals surface area contributed by atoms with Crippen LogP contribution in [0.1, 0.15) is 12.5 Å². The van der Waals surface area contributed by atoms with E-state index in [0.29, 0.717) is 29.4 Å². The Hall–Kier alpha value is -4.05. The summed E-state index contributed by atoms with van der Waals surface area (Å²) in [4.78, 5) is 38.5. The molecule has 1 aliphatic rings. The number of nitrogens with zero attached hydrogens (tertiary/aromatic N) is 1. The number of ether oxygens (including phenoxy) is 2. The molecule has 146 valence electrons. The lowest BCUT2D eigenvalue weighted by Crippen LogP contribution is -2.54. The highest BCUT2D eigenvalue weighted by atomic mass is 16.5. The number of urea groups is 1. The molecule has 1 saturated heterocycles. The summed E-state index contributed by atoms with van der Waals surface area (Å²) in [5.41, 5.74) is 0.601. The molecule has 0 atom stereocenters. The number of barbiturate groups is 1. The molecule has 0 radical (unpaired) electrons. The Morgan fingerprint density at radius 3 is 2.48 bits per heavy atom. The monoisotopic (exact) mass is 390 g/mol. The molecular weight excluding hydrogens is 372 g/mol. The molecule has 3 rings (SSSR count). The third-order valence-corrected chi connectivity index (χ3v) is 4.04. The first-order valence-corrected chi connectivity index (χ1v) is 8.84. The van der Waals surface area contributed by atoms with Gasteiger partial charge in [0, 0.05) is 5.56 Å². The SMILES string of the molecule is C#CCOc1ccccc1/C=C1\C(=O)NC(=O)N(c2ccc(OCC)cc2)C1=O. The third kappa shape index (κ3) is 4.28. The summed E-state index contributed by atoms with van der Waals surface area (Å²) in [6.07, 6.45) is 6.59. The van der Waals surface area contributed by atoms with Crippen molar-refractivity contribution in [3.63, 3.8) is 0 Å². The van der Waals surface area contributed by atoms with E-state index in [-0.39, 0.29) is 12.2 Å². The van der Waals surface area contributed by atoms with Crippen molar-refractivity contribution in [2.75, 3.05) is 18.1 Å². The molecule has 7 nitrogen and oxygen atoms in total. The van der Waals surface area contributed by atoms with Crippen molar-refractivity contribution in [1.29, 1.82) is 0 Å². The molecule has 4 amide bonds. The average molecular weight is 390 g/mol. The molecule has 1 N–H and O–H groups in total. The van der Waals surface area contributed by atoms with Gasteiger partial charge < -0.3 is 9.47 Å². The maximum atomic E-state index is 13.0. The number of hydrogen-bond acceptors (Lipinski definition) is 5. The van der Waals surface area contributed by atoms with E-state index in [2.05, 4.69) is 11.2 Å². The Bertz CT molecular complexity index is 1020. The second-order valence-electron chi connectivity index (χ2n) is 5.92. The normalized spacial score (nSPS) is 15.1. The molecule has 0 saturated carbocycles. The van der Waals surface area contributed by atoms with Gasteiger partial charge in [0.25, 0.3) is 11.8 Å². The average Bonchev–Trinajstić information content (AvgIpc) is 2.71. The number of anilines is 1. The number of rotatable bonds is 6. The number of carbonyl (C=O) groups is 3. The van der Waals surface area contributed by atoms with Crippen LogP contribution >= 0.6 is 0 Å². The van der Waals surface area contributed by atoms with Gasteiger partial charge in [-0.05, 0) is 43.3 Å². The van der Waals surface area contributed by atoms with E-state index < -0.39 is 17.8 Å². The molecule has 0 spiro atoms. The van der Waals surface area contributed by atoms with Crippen LogP contribution in [0.3, 0.4) is 0 Å². The highest BCUT2D eigenvalue weighted by Gasteiger charge is 2.37. The second-order valence-corrected chi connectivity index (χ2v) is 5.92. The summed E-state index contributed by atoms with van der Waals surface area (Å²) in [5.74, 6) is 1.86. The van der Waals surface area contributed by atoms with Crippen molar-refractivity contribution in [3.05, 3.63) is 59.7 Å². The fraction of sp³-hybridized carbons (Fsp3) is 0.136. The van der Waals surface area contributed by atoms with Crippen LogP contribution in [-0.4, -0.2) is 31.1 Å². The molecule has 7 heteroatoms. The van der Waals surface area contributed by atoms with E-state index in [1.165, 1.54) is 6.08 Å². The summed E-state index contributed by atoms with van der Waals surface area (Å²) in [6, 6.07) is 12.4. The predicted molar refractivity (Wildman–Crippen MR) is 107 cm³/mol. The van der Waals surface area contributed by atoms with Gasteiger partial charge in [0.2, 0.25) is 0 Å². The Balaban J connectivity index is 1.95. The van der Waals surface area contributed by atoms with Crippen LogP contribution in [0.15, 0.2) is 54.1 Å². The fourth-order valence-electron chi connectivity index (χ4n) is 2.76. The largest absolute Gasteiger partial charge is 0.494 e. The first-order valence-electron chi connectivity index (χ1n) is 8.84. The maximum Gasteiger partial charge on any atom is 0.335 e. The third-order valence-electron chi connectivity index (χ3n) is 4.04. The molecule has 0 aliphatic carbocycles. The van der Waals surface area contributed by atoms with Crippen LogP contribution < -0.4 is 19.7 Å². The van der Waals surface area contributed by atoms with Crippen LogP contribution in [0.2, 0.25) is 0 Å². The molecule has 2 aromatic carbocycles. The molecular formula is C22H18N2O5. The van der Waals surface area contributed by atoms with Gasteiger partial charge in [-0.1, -0.05) is 24.1 Å². The Kier molecular flexibility index (Phi) is 5.95. The lowest BCUT2D eigenvalue weighted by Gasteiger charge is -2.26. The van der Waals surface area contributed by atoms with Gasteiger partial charge in [-0.2, -0.15) is 0 Å². The van der Waals surface area contributed by atoms with Crippen LogP contribution in [-0.2, 0) is 9.59 Å². The first-order chi connectivity index (χ1) is 14.0. The minimum atomic E-state index is -0.821. The van der Waals surface area contributed by atoms with Gasteiger partial charge in [-0.25, -0.2) is 9.69 Å². The van der Waals surface area contributed by atoms with E-state index >= 15 is 0 Å². The van der Waals surface area contributed by atoms with E-state index in [9.17, 15) is 14.4 Å². The summed E-state index contributed by atoms with van der Waals surface area (Å²) in [5, 5.41) is 2.19. The van der Waals surface area contributed by atoms with Gasteiger partial charge >= 0.3 is 6.03 Å². The maximum absolute atomic E-state index is 13.0. The molecule has 29 heavy (non-hydrogen) atoms. The Morgan fingerprint density at radius 1 is 1.07 bits per heavy atom. The zero-order chi connectivity index (χ0) is 20.8. The minimum absolute atomic E-state index is 0.0388. The summed E-state index contributed by atoms with van der Waals surface area (Å²) < 4.78 is 10.8. The number of carbonyl (C=O) groups excluding carboxylic acids is 3. The van der Waals surface area contributed by atoms with Crippen LogP contribution in [0.4, 0.5) is 10.5 Å². The highest BCUT2D eigenvalue weighted by molar-refractivity contribution is 6.39. The van der Waals surface area contributed by atoms with Gasteiger partial charge in [0.05, 0.1) is 12.3 Å². The zero-order valence-electron chi connectivity index (χ0n) is 15.7. The number of nitrogens with one attached hydrogen (secondary N) is 1. The van der Waals surface area contributed by atoms with Crippen molar-refractivity contribution in [2.45, 2.75) is 6.92 Å². The number of para-hydroxylation sites is 1. The van der Waals surface area contributed by atoms with Gasteiger partial charge in [-0.3, -0.25) is 14.9 Å². The number of imide groups is 2. The molecule has 1 aliphatic heterocycles.